The Kier molecular flexibility index (Phi) is 5.99. The first-order chi connectivity index (χ1) is 4.35. The van der Waals surface area contributed by atoms with Crippen molar-refractivity contribution in [3.8, 4) is 0 Å². The van der Waals surface area contributed by atoms with Crippen molar-refractivity contribution in [3.05, 3.63) is 12.3 Å². The minimum Gasteiger partial charge on any atom is -0.337 e. The Labute approximate surface area is 59.8 Å². The van der Waals surface area contributed by atoms with E-state index in [1.807, 2.05) is 0 Å². The average Bonchev–Trinajstić information content (AvgIpc) is 1.88. The van der Waals surface area contributed by atoms with Crippen molar-refractivity contribution in [1.29, 1.82) is 0 Å². The molecule has 0 aliphatic heterocycles. The molecular formula is C7H17NSi. The van der Waals surface area contributed by atoms with E-state index >= 15 is 0 Å². The molecule has 1 N–H and O–H groups in total. The summed E-state index contributed by atoms with van der Waals surface area (Å²) in [5.41, 5.74) is 2.12. The van der Waals surface area contributed by atoms with Gasteiger partial charge in [-0.2, -0.15) is 0 Å². The Bertz CT molecular complexity index is 67.3. The van der Waals surface area contributed by atoms with E-state index in [0.717, 1.165) is 6.54 Å². The predicted molar refractivity (Wildman–Crippen MR) is 46.1 cm³/mol. The van der Waals surface area contributed by atoms with Gasteiger partial charge in [-0.3, -0.25) is 0 Å². The monoisotopic (exact) mass is 143 g/mol. The summed E-state index contributed by atoms with van der Waals surface area (Å²) in [7, 11) is -0.699. The Morgan fingerprint density at radius 2 is 2.22 bits per heavy atom. The Morgan fingerprint density at radius 3 is 2.56 bits per heavy atom. The second kappa shape index (κ2) is 6.04. The standard InChI is InChI=1S/C7H17NSi/c1-4-7-9(6-3)8-5-2/h6,8-9H,3-5,7H2,1-2H3. The zero-order valence-corrected chi connectivity index (χ0v) is 7.64. The fourth-order valence-electron chi connectivity index (χ4n) is 0.876. The second-order valence-corrected chi connectivity index (χ2v) is 4.86. The third-order valence-corrected chi connectivity index (χ3v) is 4.05. The molecule has 0 saturated heterocycles. The van der Waals surface area contributed by atoms with E-state index in [1.165, 1.54) is 12.5 Å². The lowest BCUT2D eigenvalue weighted by molar-refractivity contribution is 0.953. The predicted octanol–water partition coefficient (Wildman–Crippen LogP) is 1.45. The van der Waals surface area contributed by atoms with Crippen LogP contribution in [0.1, 0.15) is 20.3 Å². The lowest BCUT2D eigenvalue weighted by Gasteiger charge is -2.08. The third-order valence-electron chi connectivity index (χ3n) is 1.35. The van der Waals surface area contributed by atoms with Crippen molar-refractivity contribution in [3.63, 3.8) is 0 Å². The van der Waals surface area contributed by atoms with Gasteiger partial charge in [0.25, 0.3) is 0 Å². The van der Waals surface area contributed by atoms with Gasteiger partial charge in [0.1, 0.15) is 8.96 Å². The summed E-state index contributed by atoms with van der Waals surface area (Å²) in [5.74, 6) is 0. The number of nitrogens with one attached hydrogen (secondary N) is 1. The van der Waals surface area contributed by atoms with E-state index < -0.39 is 8.96 Å². The molecular weight excluding hydrogens is 126 g/mol. The number of hydrogen-bond acceptors (Lipinski definition) is 1. The van der Waals surface area contributed by atoms with Crippen LogP contribution in [0, 0.1) is 0 Å². The molecule has 0 radical (unpaired) electrons. The van der Waals surface area contributed by atoms with Crippen LogP contribution < -0.4 is 4.98 Å². The van der Waals surface area contributed by atoms with Gasteiger partial charge in [-0.15, -0.1) is 6.58 Å². The first-order valence-corrected chi connectivity index (χ1v) is 5.77. The van der Waals surface area contributed by atoms with Gasteiger partial charge in [-0.05, 0) is 12.6 Å². The molecule has 0 rings (SSSR count). The van der Waals surface area contributed by atoms with Crippen LogP contribution in [0.25, 0.3) is 0 Å². The molecule has 2 heteroatoms. The van der Waals surface area contributed by atoms with Crippen LogP contribution in [-0.4, -0.2) is 15.5 Å². The van der Waals surface area contributed by atoms with Gasteiger partial charge in [0.15, 0.2) is 0 Å². The van der Waals surface area contributed by atoms with E-state index in [1.54, 1.807) is 0 Å². The minimum absolute atomic E-state index is 0.699. The molecule has 0 aromatic heterocycles. The Balaban J connectivity index is 3.29. The number of hydrogen-bond donors (Lipinski definition) is 1. The van der Waals surface area contributed by atoms with Gasteiger partial charge in [0.2, 0.25) is 0 Å². The molecule has 0 aliphatic rings. The zero-order chi connectivity index (χ0) is 7.11. The topological polar surface area (TPSA) is 12.0 Å². The molecule has 1 atom stereocenters. The molecule has 0 aliphatic carbocycles. The maximum Gasteiger partial charge on any atom is 0.133 e. The first-order valence-electron chi connectivity index (χ1n) is 3.71. The lowest BCUT2D eigenvalue weighted by Crippen LogP contribution is -2.31. The van der Waals surface area contributed by atoms with E-state index in [0.29, 0.717) is 0 Å². The van der Waals surface area contributed by atoms with Gasteiger partial charge < -0.3 is 4.98 Å². The van der Waals surface area contributed by atoms with Gasteiger partial charge in [-0.25, -0.2) is 0 Å². The fourth-order valence-corrected chi connectivity index (χ4v) is 2.63. The van der Waals surface area contributed by atoms with Crippen LogP contribution in [0.4, 0.5) is 0 Å². The second-order valence-electron chi connectivity index (χ2n) is 2.19. The molecule has 0 aromatic rings. The maximum absolute atomic E-state index is 3.80. The first kappa shape index (κ1) is 8.92. The SMILES string of the molecule is C=C[SiH](CCC)NCC. The van der Waals surface area contributed by atoms with Crippen molar-refractivity contribution in [2.24, 2.45) is 0 Å². The minimum atomic E-state index is -0.699. The van der Waals surface area contributed by atoms with Gasteiger partial charge >= 0.3 is 0 Å². The molecule has 0 bridgehead atoms. The molecule has 1 unspecified atom stereocenters. The van der Waals surface area contributed by atoms with E-state index in [-0.39, 0.29) is 0 Å². The van der Waals surface area contributed by atoms with Gasteiger partial charge in [0.05, 0.1) is 0 Å². The summed E-state index contributed by atoms with van der Waals surface area (Å²) < 4.78 is 0. The van der Waals surface area contributed by atoms with Gasteiger partial charge in [-0.1, -0.05) is 26.0 Å². The Hall–Kier alpha value is -0.0831. The smallest absolute Gasteiger partial charge is 0.133 e. The lowest BCUT2D eigenvalue weighted by atomic mass is 10.6. The molecule has 0 amide bonds. The summed E-state index contributed by atoms with van der Waals surface area (Å²) in [5, 5.41) is 0. The highest BCUT2D eigenvalue weighted by Crippen LogP contribution is 1.93. The summed E-state index contributed by atoms with van der Waals surface area (Å²) in [6.45, 7) is 9.27. The molecule has 0 spiro atoms. The summed E-state index contributed by atoms with van der Waals surface area (Å²) >= 11 is 0. The molecule has 54 valence electrons. The van der Waals surface area contributed by atoms with E-state index in [9.17, 15) is 0 Å². The summed E-state index contributed by atoms with van der Waals surface area (Å²) in [6.07, 6.45) is 1.29. The molecule has 0 saturated carbocycles. The Morgan fingerprint density at radius 1 is 1.56 bits per heavy atom. The van der Waals surface area contributed by atoms with Crippen LogP contribution in [0.2, 0.25) is 6.04 Å². The zero-order valence-electron chi connectivity index (χ0n) is 6.48. The molecule has 0 heterocycles. The molecule has 1 nitrogen and oxygen atoms in total. The highest BCUT2D eigenvalue weighted by molar-refractivity contribution is 6.61. The van der Waals surface area contributed by atoms with Crippen LogP contribution in [0.5, 0.6) is 0 Å². The summed E-state index contributed by atoms with van der Waals surface area (Å²) in [6, 6.07) is 1.34. The highest BCUT2D eigenvalue weighted by atomic mass is 28.3. The van der Waals surface area contributed by atoms with Crippen LogP contribution in [0.3, 0.4) is 0 Å². The van der Waals surface area contributed by atoms with E-state index in [4.69, 9.17) is 0 Å². The highest BCUT2D eigenvalue weighted by Gasteiger charge is 2.00. The van der Waals surface area contributed by atoms with Crippen molar-refractivity contribution in [1.82, 2.24) is 4.98 Å². The summed E-state index contributed by atoms with van der Waals surface area (Å²) in [4.78, 5) is 3.45. The van der Waals surface area contributed by atoms with Crippen LogP contribution >= 0.6 is 0 Å². The van der Waals surface area contributed by atoms with Crippen molar-refractivity contribution < 1.29 is 0 Å². The normalized spacial score (nSPS) is 13.1. The van der Waals surface area contributed by atoms with E-state index in [2.05, 4.69) is 31.1 Å². The van der Waals surface area contributed by atoms with Crippen molar-refractivity contribution >= 4 is 8.96 Å². The number of rotatable bonds is 5. The average molecular weight is 143 g/mol. The molecule has 0 fully saturated rings. The third kappa shape index (κ3) is 4.42. The van der Waals surface area contributed by atoms with Crippen LogP contribution in [-0.2, 0) is 0 Å². The van der Waals surface area contributed by atoms with Crippen molar-refractivity contribution in [2.75, 3.05) is 6.54 Å². The van der Waals surface area contributed by atoms with Crippen molar-refractivity contribution in [2.45, 2.75) is 26.3 Å². The maximum atomic E-state index is 3.80. The fraction of sp³-hybridized carbons (Fsp3) is 0.714. The van der Waals surface area contributed by atoms with Gasteiger partial charge in [0, 0.05) is 0 Å². The quantitative estimate of drug-likeness (QED) is 0.574. The largest absolute Gasteiger partial charge is 0.337 e. The molecule has 9 heavy (non-hydrogen) atoms. The molecule has 0 aromatic carbocycles. The van der Waals surface area contributed by atoms with Crippen LogP contribution in [0.15, 0.2) is 12.3 Å².